The van der Waals surface area contributed by atoms with Gasteiger partial charge in [-0.1, -0.05) is 30.3 Å². The SMILES string of the molecule is CC(=O)C1CCC(C(F)(F)F)N(C(=O)OCc2ccccc2)C1. The van der Waals surface area contributed by atoms with Gasteiger partial charge in [0.05, 0.1) is 0 Å². The van der Waals surface area contributed by atoms with Crippen molar-refractivity contribution in [1.29, 1.82) is 0 Å². The van der Waals surface area contributed by atoms with E-state index >= 15 is 0 Å². The number of nitrogens with zero attached hydrogens (tertiary/aromatic N) is 1. The Morgan fingerprint density at radius 1 is 1.22 bits per heavy atom. The Hall–Kier alpha value is -2.05. The van der Waals surface area contributed by atoms with Gasteiger partial charge in [0.25, 0.3) is 0 Å². The van der Waals surface area contributed by atoms with Gasteiger partial charge in [-0.05, 0) is 25.3 Å². The van der Waals surface area contributed by atoms with Crippen molar-refractivity contribution in [1.82, 2.24) is 4.90 Å². The van der Waals surface area contributed by atoms with Crippen LogP contribution >= 0.6 is 0 Å². The number of rotatable bonds is 3. The lowest BCUT2D eigenvalue weighted by Crippen LogP contribution is -2.54. The average Bonchev–Trinajstić information content (AvgIpc) is 2.52. The predicted molar refractivity (Wildman–Crippen MR) is 76.6 cm³/mol. The van der Waals surface area contributed by atoms with Gasteiger partial charge in [-0.15, -0.1) is 0 Å². The number of benzene rings is 1. The number of likely N-dealkylation sites (tertiary alicyclic amines) is 1. The molecule has 0 aliphatic carbocycles. The minimum Gasteiger partial charge on any atom is -0.445 e. The van der Waals surface area contributed by atoms with Crippen LogP contribution in [-0.4, -0.2) is 35.5 Å². The molecule has 0 N–H and O–H groups in total. The molecule has 126 valence electrons. The van der Waals surface area contributed by atoms with Gasteiger partial charge < -0.3 is 4.74 Å². The van der Waals surface area contributed by atoms with Crippen molar-refractivity contribution >= 4 is 11.9 Å². The zero-order valence-corrected chi connectivity index (χ0v) is 12.7. The lowest BCUT2D eigenvalue weighted by Gasteiger charge is -2.38. The summed E-state index contributed by atoms with van der Waals surface area (Å²) in [6, 6.07) is 6.79. The van der Waals surface area contributed by atoms with Crippen molar-refractivity contribution in [3.8, 4) is 0 Å². The molecule has 1 aromatic rings. The molecule has 1 amide bonds. The van der Waals surface area contributed by atoms with Crippen LogP contribution in [0.25, 0.3) is 0 Å². The van der Waals surface area contributed by atoms with E-state index in [1.54, 1.807) is 30.3 Å². The van der Waals surface area contributed by atoms with Crippen molar-refractivity contribution in [2.45, 2.75) is 38.6 Å². The number of Topliss-reactive ketones (excluding diaryl/α,β-unsaturated/α-hetero) is 1. The van der Waals surface area contributed by atoms with E-state index in [0.717, 1.165) is 0 Å². The van der Waals surface area contributed by atoms with Crippen LogP contribution in [0.1, 0.15) is 25.3 Å². The van der Waals surface area contributed by atoms with Crippen LogP contribution in [0.5, 0.6) is 0 Å². The number of amides is 1. The molecule has 2 unspecified atom stereocenters. The maximum Gasteiger partial charge on any atom is 0.410 e. The van der Waals surface area contributed by atoms with E-state index in [4.69, 9.17) is 4.74 Å². The molecule has 0 spiro atoms. The second kappa shape index (κ2) is 7.02. The number of ether oxygens (including phenoxy) is 1. The smallest absolute Gasteiger partial charge is 0.410 e. The van der Waals surface area contributed by atoms with Crippen molar-refractivity contribution in [2.75, 3.05) is 6.54 Å². The monoisotopic (exact) mass is 329 g/mol. The van der Waals surface area contributed by atoms with E-state index in [0.29, 0.717) is 10.5 Å². The van der Waals surface area contributed by atoms with Crippen molar-refractivity contribution in [2.24, 2.45) is 5.92 Å². The topological polar surface area (TPSA) is 46.6 Å². The van der Waals surface area contributed by atoms with Crippen LogP contribution in [-0.2, 0) is 16.1 Å². The summed E-state index contributed by atoms with van der Waals surface area (Å²) in [5.41, 5.74) is 0.685. The predicted octanol–water partition coefficient (Wildman–Crippen LogP) is 3.56. The minimum atomic E-state index is -4.53. The summed E-state index contributed by atoms with van der Waals surface area (Å²) in [7, 11) is 0. The Morgan fingerprint density at radius 3 is 2.43 bits per heavy atom. The fourth-order valence-corrected chi connectivity index (χ4v) is 2.65. The molecule has 0 saturated carbocycles. The van der Waals surface area contributed by atoms with Crippen LogP contribution in [0.15, 0.2) is 30.3 Å². The Bertz CT molecular complexity index is 559. The molecule has 1 saturated heterocycles. The highest BCUT2D eigenvalue weighted by Crippen LogP contribution is 2.34. The molecule has 2 atom stereocenters. The summed E-state index contributed by atoms with van der Waals surface area (Å²) in [5.74, 6) is -0.788. The third kappa shape index (κ3) is 4.46. The molecule has 1 fully saturated rings. The van der Waals surface area contributed by atoms with E-state index in [9.17, 15) is 22.8 Å². The summed E-state index contributed by atoms with van der Waals surface area (Å²) in [4.78, 5) is 24.2. The summed E-state index contributed by atoms with van der Waals surface area (Å²) in [5, 5.41) is 0. The lowest BCUT2D eigenvalue weighted by atomic mass is 9.90. The third-order valence-corrected chi connectivity index (χ3v) is 3.97. The molecule has 0 bridgehead atoms. The molecule has 4 nitrogen and oxygen atoms in total. The van der Waals surface area contributed by atoms with E-state index in [1.807, 2.05) is 0 Å². The van der Waals surface area contributed by atoms with Crippen molar-refractivity contribution < 1.29 is 27.5 Å². The number of halogens is 3. The van der Waals surface area contributed by atoms with Gasteiger partial charge in [0.1, 0.15) is 18.4 Å². The Kier molecular flexibility index (Phi) is 5.28. The second-order valence-corrected chi connectivity index (χ2v) is 5.63. The number of piperidine rings is 1. The molecule has 23 heavy (non-hydrogen) atoms. The standard InChI is InChI=1S/C16H18F3NO3/c1-11(21)13-7-8-14(16(17,18)19)20(9-13)15(22)23-10-12-5-3-2-4-6-12/h2-6,13-14H,7-10H2,1H3. The molecule has 1 aromatic carbocycles. The van der Waals surface area contributed by atoms with Crippen LogP contribution < -0.4 is 0 Å². The maximum atomic E-state index is 13.1. The highest BCUT2D eigenvalue weighted by Gasteiger charge is 2.49. The number of alkyl halides is 3. The molecular weight excluding hydrogens is 311 g/mol. The third-order valence-electron chi connectivity index (χ3n) is 3.97. The first-order valence-electron chi connectivity index (χ1n) is 7.33. The van der Waals surface area contributed by atoms with E-state index in [2.05, 4.69) is 0 Å². The Morgan fingerprint density at radius 2 is 1.87 bits per heavy atom. The maximum absolute atomic E-state index is 13.1. The van der Waals surface area contributed by atoms with E-state index in [-0.39, 0.29) is 31.8 Å². The zero-order valence-electron chi connectivity index (χ0n) is 12.7. The normalized spacial score (nSPS) is 21.8. The number of hydrogen-bond donors (Lipinski definition) is 0. The molecular formula is C16H18F3NO3. The number of carbonyl (C=O) groups is 2. The van der Waals surface area contributed by atoms with Gasteiger partial charge in [0.15, 0.2) is 0 Å². The second-order valence-electron chi connectivity index (χ2n) is 5.63. The highest BCUT2D eigenvalue weighted by molar-refractivity contribution is 5.79. The average molecular weight is 329 g/mol. The molecule has 1 aliphatic rings. The quantitative estimate of drug-likeness (QED) is 0.852. The van der Waals surface area contributed by atoms with Crippen LogP contribution in [0.2, 0.25) is 0 Å². The first kappa shape index (κ1) is 17.3. The number of carbonyl (C=O) groups excluding carboxylic acids is 2. The first-order chi connectivity index (χ1) is 10.8. The Labute approximate surface area is 132 Å². The molecule has 0 aromatic heterocycles. The van der Waals surface area contributed by atoms with E-state index < -0.39 is 24.2 Å². The molecule has 1 heterocycles. The van der Waals surface area contributed by atoms with Gasteiger partial charge in [-0.2, -0.15) is 13.2 Å². The van der Waals surface area contributed by atoms with Crippen LogP contribution in [0.3, 0.4) is 0 Å². The van der Waals surface area contributed by atoms with Gasteiger partial charge in [-0.3, -0.25) is 9.69 Å². The number of hydrogen-bond acceptors (Lipinski definition) is 3. The number of ketones is 1. The van der Waals surface area contributed by atoms with Crippen molar-refractivity contribution in [3.63, 3.8) is 0 Å². The zero-order chi connectivity index (χ0) is 17.0. The van der Waals surface area contributed by atoms with Gasteiger partial charge in [0, 0.05) is 12.5 Å². The molecule has 2 rings (SSSR count). The van der Waals surface area contributed by atoms with Crippen LogP contribution in [0, 0.1) is 5.92 Å². The molecule has 0 radical (unpaired) electrons. The summed E-state index contributed by atoms with van der Waals surface area (Å²) in [6.07, 6.45) is -5.73. The largest absolute Gasteiger partial charge is 0.445 e. The molecule has 7 heteroatoms. The lowest BCUT2D eigenvalue weighted by molar-refractivity contribution is -0.189. The molecule has 1 aliphatic heterocycles. The first-order valence-corrected chi connectivity index (χ1v) is 7.33. The van der Waals surface area contributed by atoms with Gasteiger partial charge in [0.2, 0.25) is 0 Å². The van der Waals surface area contributed by atoms with Gasteiger partial charge in [-0.25, -0.2) is 4.79 Å². The highest BCUT2D eigenvalue weighted by atomic mass is 19.4. The Balaban J connectivity index is 2.07. The van der Waals surface area contributed by atoms with Gasteiger partial charge >= 0.3 is 12.3 Å². The summed E-state index contributed by atoms with van der Waals surface area (Å²) in [6.45, 7) is 0.963. The van der Waals surface area contributed by atoms with Crippen molar-refractivity contribution in [3.05, 3.63) is 35.9 Å². The summed E-state index contributed by atoms with van der Waals surface area (Å²) >= 11 is 0. The van der Waals surface area contributed by atoms with E-state index in [1.165, 1.54) is 6.92 Å². The van der Waals surface area contributed by atoms with Crippen LogP contribution in [0.4, 0.5) is 18.0 Å². The minimum absolute atomic E-state index is 0.106. The fraction of sp³-hybridized carbons (Fsp3) is 0.500. The fourth-order valence-electron chi connectivity index (χ4n) is 2.65. The summed E-state index contributed by atoms with van der Waals surface area (Å²) < 4.78 is 44.3.